The summed E-state index contributed by atoms with van der Waals surface area (Å²) in [5.41, 5.74) is 0. The van der Waals surface area contributed by atoms with Gasteiger partial charge in [0.25, 0.3) is 10.1 Å². The van der Waals surface area contributed by atoms with Crippen LogP contribution in [0.5, 0.6) is 0 Å². The Morgan fingerprint density at radius 2 is 1.95 bits per heavy atom. The highest BCUT2D eigenvalue weighted by molar-refractivity contribution is 7.86. The van der Waals surface area contributed by atoms with Gasteiger partial charge in [-0.3, -0.25) is 4.18 Å². The molecule has 2 bridgehead atoms. The second kappa shape index (κ2) is 7.92. The zero-order chi connectivity index (χ0) is 15.1. The van der Waals surface area contributed by atoms with E-state index in [4.69, 9.17) is 8.92 Å². The number of benzene rings is 1. The topological polar surface area (TPSA) is 52.6 Å². The van der Waals surface area contributed by atoms with Crippen LogP contribution in [-0.4, -0.2) is 27.7 Å². The van der Waals surface area contributed by atoms with Crippen LogP contribution in [0.15, 0.2) is 35.2 Å². The molecule has 2 atom stereocenters. The van der Waals surface area contributed by atoms with Crippen molar-refractivity contribution in [2.45, 2.75) is 50.0 Å². The standard InChI is InChI=1S/C9H12O3S.C7H12O/c1-2-8-12-13(10,11)9-6-4-3-5-7-9;1-2-7-5-6(1)3-4-8-7/h3-7H,2,8H2,1H3;6-7H,1-5H2. The number of ether oxygens (including phenoxy) is 1. The molecular formula is C16H24O4S. The fourth-order valence-electron chi connectivity index (χ4n) is 2.69. The quantitative estimate of drug-likeness (QED) is 0.800. The molecule has 1 saturated heterocycles. The van der Waals surface area contributed by atoms with Crippen LogP contribution in [0.25, 0.3) is 0 Å². The lowest BCUT2D eigenvalue weighted by atomic mass is 10.0. The predicted octanol–water partition coefficient (Wildman–Crippen LogP) is 3.38. The normalized spacial score (nSPS) is 24.2. The fraction of sp³-hybridized carbons (Fsp3) is 0.625. The van der Waals surface area contributed by atoms with Crippen molar-refractivity contribution in [3.05, 3.63) is 30.3 Å². The van der Waals surface area contributed by atoms with Gasteiger partial charge < -0.3 is 4.74 Å². The first-order chi connectivity index (χ1) is 10.1. The Hall–Kier alpha value is -0.910. The van der Waals surface area contributed by atoms with Crippen molar-refractivity contribution in [1.29, 1.82) is 0 Å². The van der Waals surface area contributed by atoms with E-state index < -0.39 is 10.1 Å². The minimum atomic E-state index is -3.52. The zero-order valence-electron chi connectivity index (χ0n) is 12.5. The zero-order valence-corrected chi connectivity index (χ0v) is 13.3. The molecule has 0 spiro atoms. The van der Waals surface area contributed by atoms with E-state index >= 15 is 0 Å². The van der Waals surface area contributed by atoms with E-state index in [9.17, 15) is 8.42 Å². The summed E-state index contributed by atoms with van der Waals surface area (Å²) < 4.78 is 32.9. The molecule has 1 aliphatic carbocycles. The largest absolute Gasteiger partial charge is 0.378 e. The molecule has 3 rings (SSSR count). The molecule has 21 heavy (non-hydrogen) atoms. The van der Waals surface area contributed by atoms with Crippen LogP contribution in [0.2, 0.25) is 0 Å². The Bertz CT molecular complexity index is 498. The van der Waals surface area contributed by atoms with E-state index in [2.05, 4.69) is 0 Å². The molecule has 2 aliphatic rings. The molecular weight excluding hydrogens is 288 g/mol. The summed E-state index contributed by atoms with van der Waals surface area (Å²) in [6, 6.07) is 8.14. The van der Waals surface area contributed by atoms with E-state index in [0.29, 0.717) is 12.5 Å². The van der Waals surface area contributed by atoms with E-state index in [-0.39, 0.29) is 11.5 Å². The monoisotopic (exact) mass is 312 g/mol. The summed E-state index contributed by atoms with van der Waals surface area (Å²) in [4.78, 5) is 0.212. The molecule has 2 fully saturated rings. The highest BCUT2D eigenvalue weighted by atomic mass is 32.2. The van der Waals surface area contributed by atoms with Gasteiger partial charge in [-0.05, 0) is 50.2 Å². The summed E-state index contributed by atoms with van der Waals surface area (Å²) in [5, 5.41) is 0. The van der Waals surface area contributed by atoms with Gasteiger partial charge in [0.15, 0.2) is 0 Å². The Morgan fingerprint density at radius 1 is 1.19 bits per heavy atom. The molecule has 0 amide bonds. The average molecular weight is 312 g/mol. The molecule has 1 aromatic rings. The molecule has 1 aromatic carbocycles. The first kappa shape index (κ1) is 16.5. The molecule has 4 nitrogen and oxygen atoms in total. The minimum Gasteiger partial charge on any atom is -0.378 e. The molecule has 1 heterocycles. The third-order valence-corrected chi connectivity index (χ3v) is 5.17. The average Bonchev–Trinajstić information content (AvgIpc) is 2.85. The third-order valence-electron chi connectivity index (χ3n) is 3.85. The van der Waals surface area contributed by atoms with Gasteiger partial charge in [0.1, 0.15) is 0 Å². The van der Waals surface area contributed by atoms with Crippen LogP contribution in [0.4, 0.5) is 0 Å². The van der Waals surface area contributed by atoms with Crippen molar-refractivity contribution >= 4 is 10.1 Å². The van der Waals surface area contributed by atoms with Gasteiger partial charge in [0, 0.05) is 6.61 Å². The van der Waals surface area contributed by atoms with Crippen molar-refractivity contribution in [2.24, 2.45) is 5.92 Å². The Morgan fingerprint density at radius 3 is 2.57 bits per heavy atom. The summed E-state index contributed by atoms with van der Waals surface area (Å²) >= 11 is 0. The summed E-state index contributed by atoms with van der Waals surface area (Å²) in [7, 11) is -3.52. The maximum atomic E-state index is 11.4. The Kier molecular flexibility index (Phi) is 6.21. The van der Waals surface area contributed by atoms with Gasteiger partial charge in [-0.1, -0.05) is 25.1 Å². The van der Waals surface area contributed by atoms with Crippen molar-refractivity contribution in [1.82, 2.24) is 0 Å². The van der Waals surface area contributed by atoms with Crippen LogP contribution >= 0.6 is 0 Å². The third kappa shape index (κ3) is 5.09. The number of hydrogen-bond donors (Lipinski definition) is 0. The Labute approximate surface area is 127 Å². The first-order valence-corrected chi connectivity index (χ1v) is 9.08. The lowest BCUT2D eigenvalue weighted by Crippen LogP contribution is -2.16. The van der Waals surface area contributed by atoms with Gasteiger partial charge in [-0.25, -0.2) is 0 Å². The van der Waals surface area contributed by atoms with Crippen LogP contribution < -0.4 is 0 Å². The van der Waals surface area contributed by atoms with Gasteiger partial charge >= 0.3 is 0 Å². The van der Waals surface area contributed by atoms with E-state index in [1.165, 1.54) is 37.8 Å². The number of rotatable bonds is 4. The molecule has 5 heteroatoms. The Balaban J connectivity index is 0.000000170. The highest BCUT2D eigenvalue weighted by Gasteiger charge is 2.28. The van der Waals surface area contributed by atoms with Crippen molar-refractivity contribution in [3.8, 4) is 0 Å². The lowest BCUT2D eigenvalue weighted by Gasteiger charge is -2.18. The molecule has 118 valence electrons. The smallest absolute Gasteiger partial charge is 0.296 e. The number of hydrogen-bond acceptors (Lipinski definition) is 4. The summed E-state index contributed by atoms with van der Waals surface area (Å²) in [5.74, 6) is 1.04. The van der Waals surface area contributed by atoms with E-state index in [1.807, 2.05) is 6.92 Å². The predicted molar refractivity (Wildman–Crippen MR) is 81.6 cm³/mol. The van der Waals surface area contributed by atoms with Crippen molar-refractivity contribution in [3.63, 3.8) is 0 Å². The van der Waals surface area contributed by atoms with Crippen LogP contribution in [0.1, 0.15) is 39.0 Å². The lowest BCUT2D eigenvalue weighted by molar-refractivity contribution is 0.0256. The van der Waals surface area contributed by atoms with Crippen LogP contribution in [0.3, 0.4) is 0 Å². The van der Waals surface area contributed by atoms with Crippen LogP contribution in [0, 0.1) is 5.92 Å². The SMILES string of the molecule is C1CC2CCC(C2)O1.CCCOS(=O)(=O)c1ccccc1. The summed E-state index contributed by atoms with van der Waals surface area (Å²) in [6.45, 7) is 3.13. The van der Waals surface area contributed by atoms with Crippen molar-refractivity contribution in [2.75, 3.05) is 13.2 Å². The first-order valence-electron chi connectivity index (χ1n) is 7.68. The molecule has 2 unspecified atom stereocenters. The maximum Gasteiger partial charge on any atom is 0.296 e. The van der Waals surface area contributed by atoms with Gasteiger partial charge in [-0.2, -0.15) is 8.42 Å². The van der Waals surface area contributed by atoms with Gasteiger partial charge in [0.05, 0.1) is 17.6 Å². The minimum absolute atomic E-state index is 0.212. The van der Waals surface area contributed by atoms with Gasteiger partial charge in [0.2, 0.25) is 0 Å². The molecule has 1 saturated carbocycles. The summed E-state index contributed by atoms with van der Waals surface area (Å²) in [6.07, 6.45) is 6.81. The van der Waals surface area contributed by atoms with Crippen LogP contribution in [-0.2, 0) is 19.0 Å². The molecule has 0 radical (unpaired) electrons. The second-order valence-electron chi connectivity index (χ2n) is 5.55. The van der Waals surface area contributed by atoms with Gasteiger partial charge in [-0.15, -0.1) is 0 Å². The second-order valence-corrected chi connectivity index (χ2v) is 7.17. The number of fused-ring (bicyclic) bond motifs is 2. The molecule has 1 aliphatic heterocycles. The molecule has 0 N–H and O–H groups in total. The maximum absolute atomic E-state index is 11.4. The molecule has 0 aromatic heterocycles. The van der Waals surface area contributed by atoms with E-state index in [1.54, 1.807) is 18.2 Å². The van der Waals surface area contributed by atoms with E-state index in [0.717, 1.165) is 12.5 Å². The van der Waals surface area contributed by atoms with Crippen molar-refractivity contribution < 1.29 is 17.3 Å². The fourth-order valence-corrected chi connectivity index (χ4v) is 3.70. The highest BCUT2D eigenvalue weighted by Crippen LogP contribution is 2.34.